The summed E-state index contributed by atoms with van der Waals surface area (Å²) in [5, 5.41) is 2.76. The van der Waals surface area contributed by atoms with Crippen LogP contribution in [0.2, 0.25) is 0 Å². The largest absolute Gasteiger partial charge is 0.313 e. The van der Waals surface area contributed by atoms with Gasteiger partial charge in [0.05, 0.1) is 11.4 Å². The number of hydrogen-bond acceptors (Lipinski definition) is 3. The predicted octanol–water partition coefficient (Wildman–Crippen LogP) is 5.59. The first-order valence-corrected chi connectivity index (χ1v) is 11.7. The molecule has 0 atom stereocenters. The van der Waals surface area contributed by atoms with E-state index in [-0.39, 0.29) is 10.7 Å². The fourth-order valence-electron chi connectivity index (χ4n) is 4.39. The minimum Gasteiger partial charge on any atom is -0.313 e. The number of benzene rings is 3. The van der Waals surface area contributed by atoms with Crippen LogP contribution in [-0.2, 0) is 9.59 Å². The van der Waals surface area contributed by atoms with Crippen LogP contribution in [0.1, 0.15) is 16.8 Å². The summed E-state index contributed by atoms with van der Waals surface area (Å²) >= 11 is 5.36. The predicted molar refractivity (Wildman–Crippen MR) is 143 cm³/mol. The molecule has 35 heavy (non-hydrogen) atoms. The van der Waals surface area contributed by atoms with E-state index in [4.69, 9.17) is 12.2 Å². The summed E-state index contributed by atoms with van der Waals surface area (Å²) in [6.45, 7) is 3.95. The molecule has 5 rings (SSSR count). The van der Waals surface area contributed by atoms with Crippen LogP contribution in [0.4, 0.5) is 5.69 Å². The quantitative estimate of drug-likeness (QED) is 0.237. The van der Waals surface area contributed by atoms with Crippen LogP contribution in [0.3, 0.4) is 0 Å². The molecule has 0 saturated carbocycles. The molecule has 2 heterocycles. The molecule has 2 amide bonds. The van der Waals surface area contributed by atoms with Crippen molar-refractivity contribution in [2.75, 3.05) is 4.90 Å². The van der Waals surface area contributed by atoms with Crippen molar-refractivity contribution < 1.29 is 9.59 Å². The van der Waals surface area contributed by atoms with Gasteiger partial charge in [-0.1, -0.05) is 60.7 Å². The van der Waals surface area contributed by atoms with Crippen LogP contribution in [0, 0.1) is 13.8 Å². The SMILES string of the molecule is Cc1cccc(N2C(=O)/C(=C/c3cc(C)n(-c4ccccc4)c3-c3ccccc3)C(=O)NC2=S)c1. The number of nitrogens with one attached hydrogen (secondary N) is 1. The number of hydrogen-bond donors (Lipinski definition) is 1. The molecule has 0 spiro atoms. The molecule has 1 fully saturated rings. The maximum atomic E-state index is 13.6. The molecule has 5 nitrogen and oxygen atoms in total. The Hall–Kier alpha value is -4.29. The van der Waals surface area contributed by atoms with Gasteiger partial charge in [-0.3, -0.25) is 19.8 Å². The number of carbonyl (C=O) groups excluding carboxylic acids is 2. The Morgan fingerprint density at radius 1 is 0.800 bits per heavy atom. The molecule has 1 saturated heterocycles. The van der Waals surface area contributed by atoms with Gasteiger partial charge in [-0.15, -0.1) is 0 Å². The number of thiocarbonyl (C=S) groups is 1. The molecule has 0 radical (unpaired) electrons. The molecule has 172 valence electrons. The number of aryl methyl sites for hydroxylation is 2. The average Bonchev–Trinajstić information content (AvgIpc) is 3.18. The zero-order chi connectivity index (χ0) is 24.5. The van der Waals surface area contributed by atoms with E-state index in [1.807, 2.05) is 98.8 Å². The maximum Gasteiger partial charge on any atom is 0.270 e. The van der Waals surface area contributed by atoms with Crippen LogP contribution in [0.25, 0.3) is 23.0 Å². The van der Waals surface area contributed by atoms with Crippen molar-refractivity contribution in [3.05, 3.63) is 113 Å². The van der Waals surface area contributed by atoms with Crippen LogP contribution in [0.15, 0.2) is 96.6 Å². The molecule has 1 aliphatic heterocycles. The number of nitrogens with zero attached hydrogens (tertiary/aromatic N) is 2. The smallest absolute Gasteiger partial charge is 0.270 e. The number of anilines is 1. The summed E-state index contributed by atoms with van der Waals surface area (Å²) in [5.74, 6) is -0.957. The Bertz CT molecular complexity index is 1490. The Morgan fingerprint density at radius 3 is 2.14 bits per heavy atom. The highest BCUT2D eigenvalue weighted by atomic mass is 32.1. The number of para-hydroxylation sites is 1. The Labute approximate surface area is 209 Å². The first kappa shape index (κ1) is 22.5. The molecule has 1 N–H and O–H groups in total. The topological polar surface area (TPSA) is 54.3 Å². The lowest BCUT2D eigenvalue weighted by molar-refractivity contribution is -0.122. The van der Waals surface area contributed by atoms with Gasteiger partial charge in [-0.25, -0.2) is 0 Å². The zero-order valence-electron chi connectivity index (χ0n) is 19.4. The monoisotopic (exact) mass is 477 g/mol. The highest BCUT2D eigenvalue weighted by molar-refractivity contribution is 7.80. The zero-order valence-corrected chi connectivity index (χ0v) is 20.2. The first-order chi connectivity index (χ1) is 16.9. The van der Waals surface area contributed by atoms with Gasteiger partial charge >= 0.3 is 0 Å². The minimum atomic E-state index is -0.506. The van der Waals surface area contributed by atoms with Crippen molar-refractivity contribution in [1.82, 2.24) is 9.88 Å². The molecule has 0 bridgehead atoms. The lowest BCUT2D eigenvalue weighted by Gasteiger charge is -2.29. The van der Waals surface area contributed by atoms with E-state index in [0.717, 1.165) is 33.8 Å². The molecule has 0 unspecified atom stereocenters. The summed E-state index contributed by atoms with van der Waals surface area (Å²) in [6.07, 6.45) is 1.66. The van der Waals surface area contributed by atoms with Crippen LogP contribution >= 0.6 is 12.2 Å². The van der Waals surface area contributed by atoms with Crippen molar-refractivity contribution in [1.29, 1.82) is 0 Å². The lowest BCUT2D eigenvalue weighted by atomic mass is 10.0. The van der Waals surface area contributed by atoms with Crippen molar-refractivity contribution in [2.45, 2.75) is 13.8 Å². The fraction of sp³-hybridized carbons (Fsp3) is 0.0690. The van der Waals surface area contributed by atoms with Crippen molar-refractivity contribution >= 4 is 40.9 Å². The second-order valence-electron chi connectivity index (χ2n) is 8.42. The van der Waals surface area contributed by atoms with Gasteiger partial charge in [-0.2, -0.15) is 0 Å². The minimum absolute atomic E-state index is 0.0301. The fourth-order valence-corrected chi connectivity index (χ4v) is 4.67. The molecule has 0 aliphatic carbocycles. The summed E-state index contributed by atoms with van der Waals surface area (Å²) in [4.78, 5) is 27.9. The second-order valence-corrected chi connectivity index (χ2v) is 8.81. The van der Waals surface area contributed by atoms with Gasteiger partial charge in [0, 0.05) is 16.9 Å². The van der Waals surface area contributed by atoms with Gasteiger partial charge in [-0.05, 0) is 73.6 Å². The third kappa shape index (κ3) is 4.20. The molecule has 3 aromatic carbocycles. The van der Waals surface area contributed by atoms with Crippen LogP contribution in [0.5, 0.6) is 0 Å². The molecular weight excluding hydrogens is 454 g/mol. The normalized spacial score (nSPS) is 15.0. The molecule has 4 aromatic rings. The summed E-state index contributed by atoms with van der Waals surface area (Å²) in [6, 6.07) is 29.4. The van der Waals surface area contributed by atoms with Gasteiger partial charge < -0.3 is 4.57 Å². The van der Waals surface area contributed by atoms with E-state index in [1.165, 1.54) is 4.90 Å². The van der Waals surface area contributed by atoms with E-state index >= 15 is 0 Å². The number of carbonyl (C=O) groups is 2. The Morgan fingerprint density at radius 2 is 1.46 bits per heavy atom. The van der Waals surface area contributed by atoms with Crippen molar-refractivity contribution in [3.8, 4) is 16.9 Å². The standard InChI is InChI=1S/C29H23N3O2S/c1-19-10-9-15-24(16-19)32-28(34)25(27(33)30-29(32)35)18-22-17-20(2)31(23-13-7-4-8-14-23)26(22)21-11-5-3-6-12-21/h3-18H,1-2H3,(H,30,33,35)/b25-18+. The van der Waals surface area contributed by atoms with Crippen LogP contribution in [-0.4, -0.2) is 21.5 Å². The first-order valence-electron chi connectivity index (χ1n) is 11.3. The maximum absolute atomic E-state index is 13.6. The van der Waals surface area contributed by atoms with E-state index < -0.39 is 11.8 Å². The lowest BCUT2D eigenvalue weighted by Crippen LogP contribution is -2.54. The third-order valence-corrected chi connectivity index (χ3v) is 6.22. The Kier molecular flexibility index (Phi) is 5.89. The molecule has 6 heteroatoms. The van der Waals surface area contributed by atoms with E-state index in [2.05, 4.69) is 9.88 Å². The molecule has 1 aliphatic rings. The molecular formula is C29H23N3O2S. The summed E-state index contributed by atoms with van der Waals surface area (Å²) in [5.41, 5.74) is 6.26. The van der Waals surface area contributed by atoms with Crippen LogP contribution < -0.4 is 10.2 Å². The van der Waals surface area contributed by atoms with Gasteiger partial charge in [0.25, 0.3) is 11.8 Å². The van der Waals surface area contributed by atoms with E-state index in [0.29, 0.717) is 5.69 Å². The van der Waals surface area contributed by atoms with Gasteiger partial charge in [0.15, 0.2) is 5.11 Å². The van der Waals surface area contributed by atoms with Crippen molar-refractivity contribution in [2.24, 2.45) is 0 Å². The second kappa shape index (κ2) is 9.16. The number of rotatable bonds is 4. The number of amides is 2. The third-order valence-electron chi connectivity index (χ3n) is 5.94. The van der Waals surface area contributed by atoms with E-state index in [9.17, 15) is 9.59 Å². The number of aromatic nitrogens is 1. The summed E-state index contributed by atoms with van der Waals surface area (Å²) < 4.78 is 2.13. The van der Waals surface area contributed by atoms with Crippen molar-refractivity contribution in [3.63, 3.8) is 0 Å². The van der Waals surface area contributed by atoms with Gasteiger partial charge in [0.1, 0.15) is 5.57 Å². The van der Waals surface area contributed by atoms with E-state index in [1.54, 1.807) is 12.1 Å². The highest BCUT2D eigenvalue weighted by Crippen LogP contribution is 2.33. The molecule has 1 aromatic heterocycles. The Balaban J connectivity index is 1.68. The summed E-state index contributed by atoms with van der Waals surface area (Å²) in [7, 11) is 0. The average molecular weight is 478 g/mol. The van der Waals surface area contributed by atoms with Gasteiger partial charge in [0.2, 0.25) is 0 Å². The highest BCUT2D eigenvalue weighted by Gasteiger charge is 2.35.